The molecule has 1 aliphatic rings. The predicted octanol–water partition coefficient (Wildman–Crippen LogP) is 5.40. The molecule has 6 rings (SSSR count). The van der Waals surface area contributed by atoms with E-state index in [1.807, 2.05) is 24.4 Å². The Balaban J connectivity index is 1.43. The second kappa shape index (κ2) is 8.37. The van der Waals surface area contributed by atoms with Crippen molar-refractivity contribution in [1.82, 2.24) is 24.7 Å². The summed E-state index contributed by atoms with van der Waals surface area (Å²) in [5.41, 5.74) is 11.8. The highest BCUT2D eigenvalue weighted by atomic mass is 15.3. The first kappa shape index (κ1) is 20.0. The second-order valence-electron chi connectivity index (χ2n) is 8.93. The number of hydrogen-bond acceptors (Lipinski definition) is 5. The van der Waals surface area contributed by atoms with Crippen LogP contribution in [0.1, 0.15) is 31.7 Å². The summed E-state index contributed by atoms with van der Waals surface area (Å²) in [7, 11) is 0. The summed E-state index contributed by atoms with van der Waals surface area (Å²) < 4.78 is 2.12. The Bertz CT molecular complexity index is 1420. The van der Waals surface area contributed by atoms with Crippen LogP contribution in [0.25, 0.3) is 44.5 Å². The standard InChI is InChI=1S/C27H26N6/c28-15-18-6-11-22(12-7-18)33-27-23(16-29-17-30-27)26(32-33)21-9-8-20-10-13-24(31-25(20)14-21)19-4-2-1-3-5-19/h1-5,8-10,13-14,16-18,22H,6-7,11-12,15,28H2. The first-order chi connectivity index (χ1) is 16.3. The van der Waals surface area contributed by atoms with Gasteiger partial charge in [-0.15, -0.1) is 0 Å². The Labute approximate surface area is 192 Å². The molecular weight excluding hydrogens is 408 g/mol. The predicted molar refractivity (Wildman–Crippen MR) is 132 cm³/mol. The van der Waals surface area contributed by atoms with Gasteiger partial charge in [-0.05, 0) is 50.3 Å². The molecule has 0 aliphatic heterocycles. The SMILES string of the molecule is NCC1CCC(n2nc(-c3ccc4ccc(-c5ccccc5)nc4c3)c3cncnc32)CC1. The van der Waals surface area contributed by atoms with E-state index >= 15 is 0 Å². The second-order valence-corrected chi connectivity index (χ2v) is 8.93. The molecule has 0 unspecified atom stereocenters. The van der Waals surface area contributed by atoms with Crippen molar-refractivity contribution in [3.63, 3.8) is 0 Å². The minimum Gasteiger partial charge on any atom is -0.330 e. The molecule has 2 aromatic carbocycles. The number of rotatable bonds is 4. The van der Waals surface area contributed by atoms with Crippen LogP contribution in [0.2, 0.25) is 0 Å². The van der Waals surface area contributed by atoms with Crippen molar-refractivity contribution >= 4 is 21.9 Å². The summed E-state index contributed by atoms with van der Waals surface area (Å²) in [4.78, 5) is 13.9. The van der Waals surface area contributed by atoms with Gasteiger partial charge in [0, 0.05) is 22.7 Å². The van der Waals surface area contributed by atoms with E-state index in [4.69, 9.17) is 15.8 Å². The molecule has 6 nitrogen and oxygen atoms in total. The average Bonchev–Trinajstić information content (AvgIpc) is 3.28. The van der Waals surface area contributed by atoms with Gasteiger partial charge in [-0.1, -0.05) is 48.5 Å². The lowest BCUT2D eigenvalue weighted by Crippen LogP contribution is -2.24. The smallest absolute Gasteiger partial charge is 0.162 e. The van der Waals surface area contributed by atoms with E-state index in [1.54, 1.807) is 6.33 Å². The van der Waals surface area contributed by atoms with Crippen LogP contribution in [0.4, 0.5) is 0 Å². The summed E-state index contributed by atoms with van der Waals surface area (Å²) in [6.07, 6.45) is 7.95. The van der Waals surface area contributed by atoms with Gasteiger partial charge in [0.15, 0.2) is 5.65 Å². The summed E-state index contributed by atoms with van der Waals surface area (Å²) in [6.45, 7) is 0.773. The third kappa shape index (κ3) is 3.66. The number of aromatic nitrogens is 5. The van der Waals surface area contributed by atoms with E-state index in [1.165, 1.54) is 0 Å². The Morgan fingerprint density at radius 2 is 1.73 bits per heavy atom. The lowest BCUT2D eigenvalue weighted by Gasteiger charge is -2.27. The largest absolute Gasteiger partial charge is 0.330 e. The summed E-state index contributed by atoms with van der Waals surface area (Å²) in [5, 5.41) is 7.17. The van der Waals surface area contributed by atoms with Gasteiger partial charge in [-0.3, -0.25) is 0 Å². The lowest BCUT2D eigenvalue weighted by atomic mass is 9.86. The van der Waals surface area contributed by atoms with Crippen LogP contribution in [0, 0.1) is 5.92 Å². The van der Waals surface area contributed by atoms with Crippen molar-refractivity contribution in [3.05, 3.63) is 73.2 Å². The molecule has 0 amide bonds. The molecule has 0 saturated heterocycles. The zero-order chi connectivity index (χ0) is 22.2. The van der Waals surface area contributed by atoms with Gasteiger partial charge in [-0.25, -0.2) is 19.6 Å². The van der Waals surface area contributed by atoms with E-state index in [0.29, 0.717) is 12.0 Å². The molecule has 5 aromatic rings. The van der Waals surface area contributed by atoms with Gasteiger partial charge < -0.3 is 5.73 Å². The Morgan fingerprint density at radius 1 is 0.909 bits per heavy atom. The number of pyridine rings is 1. The fraction of sp³-hybridized carbons (Fsp3) is 0.259. The quantitative estimate of drug-likeness (QED) is 0.410. The Morgan fingerprint density at radius 3 is 2.55 bits per heavy atom. The maximum absolute atomic E-state index is 5.90. The van der Waals surface area contributed by atoms with Crippen LogP contribution in [0.5, 0.6) is 0 Å². The summed E-state index contributed by atoms with van der Waals surface area (Å²) >= 11 is 0. The summed E-state index contributed by atoms with van der Waals surface area (Å²) in [5.74, 6) is 0.627. The normalized spacial score (nSPS) is 18.7. The number of nitrogens with zero attached hydrogens (tertiary/aromatic N) is 5. The van der Waals surface area contributed by atoms with Crippen LogP contribution >= 0.6 is 0 Å². The molecule has 1 fully saturated rings. The van der Waals surface area contributed by atoms with Gasteiger partial charge in [0.05, 0.1) is 22.6 Å². The maximum atomic E-state index is 5.90. The molecule has 6 heteroatoms. The fourth-order valence-electron chi connectivity index (χ4n) is 5.01. The van der Waals surface area contributed by atoms with Crippen LogP contribution < -0.4 is 5.73 Å². The highest BCUT2D eigenvalue weighted by Crippen LogP contribution is 2.36. The third-order valence-electron chi connectivity index (χ3n) is 6.90. The molecule has 2 N–H and O–H groups in total. The van der Waals surface area contributed by atoms with Gasteiger partial charge in [0.1, 0.15) is 12.0 Å². The van der Waals surface area contributed by atoms with E-state index in [0.717, 1.165) is 76.7 Å². The molecule has 0 bridgehead atoms. The monoisotopic (exact) mass is 434 g/mol. The topological polar surface area (TPSA) is 82.5 Å². The molecule has 1 aliphatic carbocycles. The van der Waals surface area contributed by atoms with Gasteiger partial charge in [0.25, 0.3) is 0 Å². The third-order valence-corrected chi connectivity index (χ3v) is 6.90. The molecule has 0 spiro atoms. The fourth-order valence-corrected chi connectivity index (χ4v) is 5.01. The zero-order valence-electron chi connectivity index (χ0n) is 18.4. The first-order valence-corrected chi connectivity index (χ1v) is 11.6. The Kier molecular flexibility index (Phi) is 5.07. The van der Waals surface area contributed by atoms with E-state index in [2.05, 4.69) is 57.1 Å². The molecule has 0 atom stereocenters. The van der Waals surface area contributed by atoms with Crippen molar-refractivity contribution in [1.29, 1.82) is 0 Å². The molecule has 3 heterocycles. The number of nitrogens with two attached hydrogens (primary N) is 1. The van der Waals surface area contributed by atoms with Crippen molar-refractivity contribution in [2.45, 2.75) is 31.7 Å². The van der Waals surface area contributed by atoms with Crippen LogP contribution in [0.15, 0.2) is 73.2 Å². The van der Waals surface area contributed by atoms with E-state index < -0.39 is 0 Å². The lowest BCUT2D eigenvalue weighted by molar-refractivity contribution is 0.269. The van der Waals surface area contributed by atoms with Crippen LogP contribution in [0.3, 0.4) is 0 Å². The van der Waals surface area contributed by atoms with Crippen LogP contribution in [-0.2, 0) is 0 Å². The van der Waals surface area contributed by atoms with Gasteiger partial charge in [0.2, 0.25) is 0 Å². The van der Waals surface area contributed by atoms with Gasteiger partial charge >= 0.3 is 0 Å². The van der Waals surface area contributed by atoms with E-state index in [9.17, 15) is 0 Å². The zero-order valence-corrected chi connectivity index (χ0v) is 18.4. The maximum Gasteiger partial charge on any atom is 0.162 e. The number of hydrogen-bond donors (Lipinski definition) is 1. The molecule has 33 heavy (non-hydrogen) atoms. The highest BCUT2D eigenvalue weighted by molar-refractivity contribution is 5.94. The minimum absolute atomic E-state index is 0.349. The summed E-state index contributed by atoms with van der Waals surface area (Å²) in [6, 6.07) is 21.2. The van der Waals surface area contributed by atoms with Crippen molar-refractivity contribution < 1.29 is 0 Å². The van der Waals surface area contributed by atoms with Crippen molar-refractivity contribution in [3.8, 4) is 22.5 Å². The molecular formula is C27H26N6. The van der Waals surface area contributed by atoms with Crippen molar-refractivity contribution in [2.24, 2.45) is 11.7 Å². The van der Waals surface area contributed by atoms with Crippen LogP contribution in [-0.4, -0.2) is 31.3 Å². The van der Waals surface area contributed by atoms with E-state index in [-0.39, 0.29) is 0 Å². The number of fused-ring (bicyclic) bond motifs is 2. The first-order valence-electron chi connectivity index (χ1n) is 11.6. The Hall–Kier alpha value is -3.64. The van der Waals surface area contributed by atoms with Crippen molar-refractivity contribution in [2.75, 3.05) is 6.54 Å². The molecule has 0 radical (unpaired) electrons. The number of benzene rings is 2. The minimum atomic E-state index is 0.349. The molecule has 1 saturated carbocycles. The molecule has 164 valence electrons. The average molecular weight is 435 g/mol. The molecule has 3 aromatic heterocycles. The highest BCUT2D eigenvalue weighted by Gasteiger charge is 2.25. The van der Waals surface area contributed by atoms with Gasteiger partial charge in [-0.2, -0.15) is 5.10 Å².